The van der Waals surface area contributed by atoms with E-state index in [-0.39, 0.29) is 12.1 Å². The van der Waals surface area contributed by atoms with E-state index in [1.165, 1.54) is 43.4 Å². The van der Waals surface area contributed by atoms with Gasteiger partial charge in [0.2, 0.25) is 0 Å². The molecule has 0 aromatic carbocycles. The molecule has 2 heterocycles. The van der Waals surface area contributed by atoms with Crippen molar-refractivity contribution in [2.24, 2.45) is 32.2 Å². The minimum absolute atomic E-state index is 0.182. The quantitative estimate of drug-likeness (QED) is 0.135. The van der Waals surface area contributed by atoms with Gasteiger partial charge in [-0.2, -0.15) is 0 Å². The first-order valence-electron chi connectivity index (χ1n) is 12.1. The number of allylic oxidation sites excluding steroid dienone is 1. The lowest BCUT2D eigenvalue weighted by Crippen LogP contribution is -2.49. The van der Waals surface area contributed by atoms with Gasteiger partial charge in [0, 0.05) is 43.5 Å². The molecular weight excluding hydrogens is 402 g/mol. The number of hydrogen-bond acceptors (Lipinski definition) is 5. The van der Waals surface area contributed by atoms with Gasteiger partial charge in [-0.25, -0.2) is 0 Å². The number of nitrogens with zero attached hydrogens (tertiary/aromatic N) is 3. The molecule has 9 N–H and O–H groups in total. The molecule has 2 aliphatic heterocycles. The van der Waals surface area contributed by atoms with Gasteiger partial charge in [0.05, 0.1) is 6.17 Å². The highest BCUT2D eigenvalue weighted by atomic mass is 15.1. The average molecular weight is 446 g/mol. The molecule has 0 spiro atoms. The number of aliphatic imine (C=N–C) groups is 3. The normalized spacial score (nSPS) is 17.4. The number of guanidine groups is 2. The Balaban J connectivity index is 1.50. The summed E-state index contributed by atoms with van der Waals surface area (Å²) < 4.78 is 0. The first-order chi connectivity index (χ1) is 15.6. The molecule has 0 aromatic heterocycles. The molecule has 1 fully saturated rings. The molecule has 180 valence electrons. The van der Waals surface area contributed by atoms with Crippen LogP contribution in [-0.4, -0.2) is 56.5 Å². The smallest absolute Gasteiger partial charge is 0.188 e. The maximum atomic E-state index is 5.98. The van der Waals surface area contributed by atoms with Crippen LogP contribution in [0.1, 0.15) is 64.2 Å². The molecule has 2 rings (SSSR count). The topological polar surface area (TPSA) is 151 Å². The molecule has 0 aliphatic carbocycles. The number of nitrogens with one attached hydrogen (secondary N) is 3. The average Bonchev–Trinajstić information content (AvgIpc) is 3.04. The first-order valence-corrected chi connectivity index (χ1v) is 12.1. The van der Waals surface area contributed by atoms with E-state index in [2.05, 4.69) is 38.1 Å². The fourth-order valence-electron chi connectivity index (χ4n) is 3.73. The van der Waals surface area contributed by atoms with Gasteiger partial charge >= 0.3 is 0 Å². The largest absolute Gasteiger partial charge is 0.370 e. The molecule has 9 heteroatoms. The van der Waals surface area contributed by atoms with Crippen molar-refractivity contribution in [2.45, 2.75) is 70.4 Å². The lowest BCUT2D eigenvalue weighted by Gasteiger charge is -2.25. The highest BCUT2D eigenvalue weighted by Crippen LogP contribution is 2.12. The zero-order valence-electron chi connectivity index (χ0n) is 19.5. The zero-order chi connectivity index (χ0) is 22.9. The Hall–Kier alpha value is -2.39. The third-order valence-electron chi connectivity index (χ3n) is 5.53. The van der Waals surface area contributed by atoms with Crippen molar-refractivity contribution in [2.75, 3.05) is 32.7 Å². The Labute approximate surface area is 193 Å². The van der Waals surface area contributed by atoms with Crippen LogP contribution in [-0.2, 0) is 0 Å². The summed E-state index contributed by atoms with van der Waals surface area (Å²) in [6, 6.07) is 0. The number of unbranched alkanes of at least 4 members (excludes halogenated alkanes) is 5. The van der Waals surface area contributed by atoms with Crippen LogP contribution < -0.4 is 33.2 Å². The van der Waals surface area contributed by atoms with Crippen LogP contribution in [0.4, 0.5) is 0 Å². The summed E-state index contributed by atoms with van der Waals surface area (Å²) >= 11 is 0. The fraction of sp³-hybridized carbons (Fsp3) is 0.696. The van der Waals surface area contributed by atoms with E-state index in [9.17, 15) is 0 Å². The standard InChI is InChI=1S/C23H43N9/c24-22(25)29-13-5-3-1-2-4-6-14-30-23(26)31-15-8-12-20-11-7-10-19(18-32-20)21-27-16-9-17-28-21/h7,10,18,21,27-28H,1-6,8-9,11-17H2,(H4,24,25,29)(H3,26,30,31). The van der Waals surface area contributed by atoms with E-state index in [0.29, 0.717) is 5.96 Å². The van der Waals surface area contributed by atoms with Gasteiger partial charge in [0.1, 0.15) is 0 Å². The summed E-state index contributed by atoms with van der Waals surface area (Å²) in [6.07, 6.45) is 17.5. The van der Waals surface area contributed by atoms with E-state index in [1.807, 2.05) is 6.20 Å². The Morgan fingerprint density at radius 2 is 1.69 bits per heavy atom. The van der Waals surface area contributed by atoms with Gasteiger partial charge in [-0.15, -0.1) is 0 Å². The van der Waals surface area contributed by atoms with Crippen LogP contribution in [0.3, 0.4) is 0 Å². The highest BCUT2D eigenvalue weighted by Gasteiger charge is 2.15. The molecule has 1 saturated heterocycles. The number of nitrogens with two attached hydrogens (primary N) is 3. The van der Waals surface area contributed by atoms with E-state index in [1.54, 1.807) is 0 Å². The number of hydrogen-bond donors (Lipinski definition) is 6. The summed E-state index contributed by atoms with van der Waals surface area (Å²) in [5.41, 5.74) is 19.0. The molecular formula is C23H43N9. The molecule has 0 atom stereocenters. The van der Waals surface area contributed by atoms with Crippen LogP contribution in [0.15, 0.2) is 38.9 Å². The summed E-state index contributed by atoms with van der Waals surface area (Å²) in [7, 11) is 0. The van der Waals surface area contributed by atoms with E-state index >= 15 is 0 Å². The van der Waals surface area contributed by atoms with Crippen LogP contribution in [0.5, 0.6) is 0 Å². The summed E-state index contributed by atoms with van der Waals surface area (Å²) in [6.45, 7) is 4.43. The first kappa shape index (κ1) is 25.9. The van der Waals surface area contributed by atoms with Crippen LogP contribution >= 0.6 is 0 Å². The minimum atomic E-state index is 0.182. The van der Waals surface area contributed by atoms with Crippen molar-refractivity contribution >= 4 is 17.6 Å². The molecule has 9 nitrogen and oxygen atoms in total. The maximum absolute atomic E-state index is 5.98. The van der Waals surface area contributed by atoms with Crippen LogP contribution in [0.25, 0.3) is 0 Å². The van der Waals surface area contributed by atoms with Crippen molar-refractivity contribution in [3.05, 3.63) is 23.9 Å². The van der Waals surface area contributed by atoms with Gasteiger partial charge in [-0.3, -0.25) is 25.6 Å². The van der Waals surface area contributed by atoms with E-state index in [4.69, 9.17) is 22.2 Å². The van der Waals surface area contributed by atoms with Gasteiger partial charge in [-0.1, -0.05) is 37.8 Å². The number of rotatable bonds is 14. The van der Waals surface area contributed by atoms with Crippen molar-refractivity contribution in [3.8, 4) is 0 Å². The van der Waals surface area contributed by atoms with Crippen molar-refractivity contribution in [1.82, 2.24) is 16.0 Å². The van der Waals surface area contributed by atoms with Crippen LogP contribution in [0.2, 0.25) is 0 Å². The Kier molecular flexibility index (Phi) is 13.2. The second-order valence-corrected chi connectivity index (χ2v) is 8.35. The van der Waals surface area contributed by atoms with Crippen molar-refractivity contribution < 1.29 is 0 Å². The lowest BCUT2D eigenvalue weighted by molar-refractivity contribution is 0.414. The lowest BCUT2D eigenvalue weighted by atomic mass is 10.1. The molecule has 0 bridgehead atoms. The Bertz CT molecular complexity index is 669. The molecule has 0 unspecified atom stereocenters. The minimum Gasteiger partial charge on any atom is -0.370 e. The van der Waals surface area contributed by atoms with Crippen LogP contribution in [0, 0.1) is 0 Å². The summed E-state index contributed by atoms with van der Waals surface area (Å²) in [5.74, 6) is 0.725. The maximum Gasteiger partial charge on any atom is 0.188 e. The van der Waals surface area contributed by atoms with Gasteiger partial charge in [0.15, 0.2) is 11.9 Å². The zero-order valence-corrected chi connectivity index (χ0v) is 19.5. The predicted molar refractivity (Wildman–Crippen MR) is 136 cm³/mol. The van der Waals surface area contributed by atoms with Gasteiger partial charge < -0.3 is 22.5 Å². The molecule has 0 aromatic rings. The predicted octanol–water partition coefficient (Wildman–Crippen LogP) is 1.48. The van der Waals surface area contributed by atoms with Crippen molar-refractivity contribution in [3.63, 3.8) is 0 Å². The monoisotopic (exact) mass is 445 g/mol. The van der Waals surface area contributed by atoms with E-state index in [0.717, 1.165) is 64.8 Å². The molecule has 2 aliphatic rings. The summed E-state index contributed by atoms with van der Waals surface area (Å²) in [5, 5.41) is 10.2. The molecule has 0 saturated carbocycles. The SMILES string of the molecule is NC(N)=NCCCCCCCCNC(N)=NCCCC1=NC=C(C2NCCCN2)C=CC1. The third kappa shape index (κ3) is 11.9. The second-order valence-electron chi connectivity index (χ2n) is 8.35. The van der Waals surface area contributed by atoms with E-state index < -0.39 is 0 Å². The third-order valence-corrected chi connectivity index (χ3v) is 5.53. The molecule has 32 heavy (non-hydrogen) atoms. The van der Waals surface area contributed by atoms with Gasteiger partial charge in [0.25, 0.3) is 0 Å². The Morgan fingerprint density at radius 1 is 0.969 bits per heavy atom. The highest BCUT2D eigenvalue weighted by molar-refractivity contribution is 5.87. The Morgan fingerprint density at radius 3 is 2.47 bits per heavy atom. The molecule has 0 amide bonds. The second kappa shape index (κ2) is 16.3. The molecule has 0 radical (unpaired) electrons. The summed E-state index contributed by atoms with van der Waals surface area (Å²) in [4.78, 5) is 13.1. The van der Waals surface area contributed by atoms with Crippen molar-refractivity contribution in [1.29, 1.82) is 0 Å². The fourth-order valence-corrected chi connectivity index (χ4v) is 3.73. The van der Waals surface area contributed by atoms with Gasteiger partial charge in [-0.05, 0) is 45.2 Å².